The standard InChI is InChI=1S/C18H31BO6/c1-8-22-15(20)14(16(21)23-9-2)11-10-13(3)12-19-24-17(4,5)18(6,7)25-19/h10,14H,8-9,11-12H2,1-7H3/b13-10+. The van der Waals surface area contributed by atoms with Crippen LogP contribution in [0.1, 0.15) is 54.9 Å². The lowest BCUT2D eigenvalue weighted by atomic mass is 9.80. The van der Waals surface area contributed by atoms with Gasteiger partial charge < -0.3 is 18.8 Å². The number of esters is 2. The van der Waals surface area contributed by atoms with E-state index in [4.69, 9.17) is 18.8 Å². The Morgan fingerprint density at radius 1 is 1.00 bits per heavy atom. The molecule has 0 N–H and O–H groups in total. The molecule has 7 heteroatoms. The molecular weight excluding hydrogens is 323 g/mol. The fourth-order valence-electron chi connectivity index (χ4n) is 2.49. The normalized spacial score (nSPS) is 19.2. The lowest BCUT2D eigenvalue weighted by molar-refractivity contribution is -0.161. The maximum atomic E-state index is 12.0. The predicted molar refractivity (Wildman–Crippen MR) is 96.0 cm³/mol. The minimum absolute atomic E-state index is 0.228. The Bertz CT molecular complexity index is 478. The first-order chi connectivity index (χ1) is 11.5. The van der Waals surface area contributed by atoms with Crippen molar-refractivity contribution in [1.82, 2.24) is 0 Å². The summed E-state index contributed by atoms with van der Waals surface area (Å²) in [7, 11) is -0.343. The second-order valence-corrected chi connectivity index (χ2v) is 7.23. The topological polar surface area (TPSA) is 71.1 Å². The van der Waals surface area contributed by atoms with Gasteiger partial charge in [-0.3, -0.25) is 9.59 Å². The molecule has 0 unspecified atom stereocenters. The van der Waals surface area contributed by atoms with Crippen LogP contribution in [0, 0.1) is 5.92 Å². The quantitative estimate of drug-likeness (QED) is 0.289. The van der Waals surface area contributed by atoms with Gasteiger partial charge >= 0.3 is 19.1 Å². The molecule has 0 aromatic heterocycles. The van der Waals surface area contributed by atoms with Crippen molar-refractivity contribution >= 4 is 19.1 Å². The van der Waals surface area contributed by atoms with E-state index in [2.05, 4.69) is 0 Å². The van der Waals surface area contributed by atoms with Gasteiger partial charge in [-0.25, -0.2) is 0 Å². The molecule has 1 rings (SSSR count). The van der Waals surface area contributed by atoms with Gasteiger partial charge in [-0.15, -0.1) is 0 Å². The molecule has 1 heterocycles. The zero-order valence-electron chi connectivity index (χ0n) is 16.5. The summed E-state index contributed by atoms with van der Waals surface area (Å²) in [4.78, 5) is 24.0. The van der Waals surface area contributed by atoms with E-state index >= 15 is 0 Å². The molecule has 0 amide bonds. The Kier molecular flexibility index (Phi) is 7.69. The third kappa shape index (κ3) is 5.85. The van der Waals surface area contributed by atoms with Crippen molar-refractivity contribution in [2.75, 3.05) is 13.2 Å². The average Bonchev–Trinajstić information content (AvgIpc) is 2.66. The second-order valence-electron chi connectivity index (χ2n) is 7.23. The monoisotopic (exact) mass is 354 g/mol. The van der Waals surface area contributed by atoms with Crippen LogP contribution in [-0.2, 0) is 28.4 Å². The second kappa shape index (κ2) is 8.85. The molecule has 25 heavy (non-hydrogen) atoms. The maximum Gasteiger partial charge on any atom is 0.462 e. The largest absolute Gasteiger partial charge is 0.465 e. The Hall–Kier alpha value is -1.34. The lowest BCUT2D eigenvalue weighted by Crippen LogP contribution is -2.41. The van der Waals surface area contributed by atoms with Crippen molar-refractivity contribution in [1.29, 1.82) is 0 Å². The summed E-state index contributed by atoms with van der Waals surface area (Å²) in [6, 6.07) is 0. The maximum absolute atomic E-state index is 12.0. The van der Waals surface area contributed by atoms with Crippen LogP contribution in [-0.4, -0.2) is 43.5 Å². The average molecular weight is 354 g/mol. The van der Waals surface area contributed by atoms with E-state index in [-0.39, 0.29) is 38.0 Å². The minimum atomic E-state index is -0.937. The molecule has 1 aliphatic heterocycles. The summed E-state index contributed by atoms with van der Waals surface area (Å²) in [5.41, 5.74) is 0.226. The van der Waals surface area contributed by atoms with Crippen LogP contribution in [0.2, 0.25) is 6.32 Å². The van der Waals surface area contributed by atoms with Gasteiger partial charge in [0.1, 0.15) is 0 Å². The van der Waals surface area contributed by atoms with Crippen LogP contribution in [0.15, 0.2) is 11.6 Å². The summed E-state index contributed by atoms with van der Waals surface area (Å²) in [5.74, 6) is -2.05. The van der Waals surface area contributed by atoms with Gasteiger partial charge in [-0.05, 0) is 54.9 Å². The highest BCUT2D eigenvalue weighted by Crippen LogP contribution is 2.38. The number of hydrogen-bond donors (Lipinski definition) is 0. The molecule has 1 fully saturated rings. The molecule has 0 saturated carbocycles. The number of carbonyl (C=O) groups is 2. The highest BCUT2D eigenvalue weighted by Gasteiger charge is 2.50. The van der Waals surface area contributed by atoms with Crippen LogP contribution in [0.5, 0.6) is 0 Å². The van der Waals surface area contributed by atoms with E-state index in [1.807, 2.05) is 40.7 Å². The van der Waals surface area contributed by atoms with Crippen molar-refractivity contribution in [2.24, 2.45) is 5.92 Å². The highest BCUT2D eigenvalue weighted by atomic mass is 16.7. The molecule has 1 saturated heterocycles. The zero-order chi connectivity index (χ0) is 19.3. The van der Waals surface area contributed by atoms with Crippen LogP contribution < -0.4 is 0 Å². The third-order valence-electron chi connectivity index (χ3n) is 4.63. The van der Waals surface area contributed by atoms with Gasteiger partial charge in [0.2, 0.25) is 0 Å². The molecular formula is C18H31BO6. The minimum Gasteiger partial charge on any atom is -0.465 e. The number of allylic oxidation sites excluding steroid dienone is 2. The van der Waals surface area contributed by atoms with Gasteiger partial charge in [0, 0.05) is 6.32 Å². The van der Waals surface area contributed by atoms with Crippen LogP contribution in [0.3, 0.4) is 0 Å². The highest BCUT2D eigenvalue weighted by molar-refractivity contribution is 6.46. The SMILES string of the molecule is CCOC(=O)C(C/C=C(\C)CB1OC(C)(C)C(C)(C)O1)C(=O)OCC. The lowest BCUT2D eigenvalue weighted by Gasteiger charge is -2.32. The summed E-state index contributed by atoms with van der Waals surface area (Å²) >= 11 is 0. The summed E-state index contributed by atoms with van der Waals surface area (Å²) in [6.07, 6.45) is 2.66. The van der Waals surface area contributed by atoms with E-state index in [1.165, 1.54) is 0 Å². The summed E-state index contributed by atoms with van der Waals surface area (Å²) in [6.45, 7) is 13.8. The molecule has 0 spiro atoms. The molecule has 0 atom stereocenters. The smallest absolute Gasteiger partial charge is 0.462 e. The van der Waals surface area contributed by atoms with Crippen molar-refractivity contribution in [3.05, 3.63) is 11.6 Å². The fraction of sp³-hybridized carbons (Fsp3) is 0.778. The van der Waals surface area contributed by atoms with Gasteiger partial charge in [0.15, 0.2) is 5.92 Å². The fourth-order valence-corrected chi connectivity index (χ4v) is 2.49. The number of carbonyl (C=O) groups excluding carboxylic acids is 2. The van der Waals surface area contributed by atoms with Crippen LogP contribution >= 0.6 is 0 Å². The van der Waals surface area contributed by atoms with Crippen molar-refractivity contribution in [3.63, 3.8) is 0 Å². The first-order valence-corrected chi connectivity index (χ1v) is 8.88. The molecule has 6 nitrogen and oxygen atoms in total. The number of ether oxygens (including phenoxy) is 2. The first-order valence-electron chi connectivity index (χ1n) is 8.88. The number of rotatable bonds is 8. The Labute approximate surface area is 151 Å². The molecule has 0 aliphatic carbocycles. The molecule has 0 aromatic rings. The first kappa shape index (κ1) is 21.7. The van der Waals surface area contributed by atoms with E-state index < -0.39 is 17.9 Å². The van der Waals surface area contributed by atoms with Crippen LogP contribution in [0.4, 0.5) is 0 Å². The summed E-state index contributed by atoms with van der Waals surface area (Å²) in [5, 5.41) is 0. The predicted octanol–water partition coefficient (Wildman–Crippen LogP) is 3.16. The van der Waals surface area contributed by atoms with Gasteiger partial charge in [0.05, 0.1) is 24.4 Å². The Morgan fingerprint density at radius 3 is 1.84 bits per heavy atom. The van der Waals surface area contributed by atoms with Crippen molar-refractivity contribution in [2.45, 2.75) is 72.4 Å². The van der Waals surface area contributed by atoms with Crippen molar-refractivity contribution < 1.29 is 28.4 Å². The van der Waals surface area contributed by atoms with Gasteiger partial charge in [0.25, 0.3) is 0 Å². The van der Waals surface area contributed by atoms with E-state index in [0.717, 1.165) is 5.57 Å². The van der Waals surface area contributed by atoms with Crippen molar-refractivity contribution in [3.8, 4) is 0 Å². The third-order valence-corrected chi connectivity index (χ3v) is 4.63. The molecule has 0 bridgehead atoms. The zero-order valence-corrected chi connectivity index (χ0v) is 16.5. The van der Waals surface area contributed by atoms with E-state index in [1.54, 1.807) is 13.8 Å². The van der Waals surface area contributed by atoms with E-state index in [0.29, 0.717) is 6.32 Å². The molecule has 142 valence electrons. The van der Waals surface area contributed by atoms with E-state index in [9.17, 15) is 9.59 Å². The Morgan fingerprint density at radius 2 is 1.44 bits per heavy atom. The summed E-state index contributed by atoms with van der Waals surface area (Å²) < 4.78 is 21.9. The van der Waals surface area contributed by atoms with Crippen LogP contribution in [0.25, 0.3) is 0 Å². The molecule has 1 aliphatic rings. The van der Waals surface area contributed by atoms with Gasteiger partial charge in [-0.2, -0.15) is 0 Å². The molecule has 0 radical (unpaired) electrons. The Balaban J connectivity index is 2.70. The van der Waals surface area contributed by atoms with Gasteiger partial charge in [-0.1, -0.05) is 11.6 Å². The number of hydrogen-bond acceptors (Lipinski definition) is 6. The molecule has 0 aromatic carbocycles.